The average molecular weight is 455 g/mol. The van der Waals surface area contributed by atoms with Crippen LogP contribution < -0.4 is 0 Å². The van der Waals surface area contributed by atoms with Crippen molar-refractivity contribution in [1.29, 1.82) is 0 Å². The predicted molar refractivity (Wildman–Crippen MR) is 112 cm³/mol. The zero-order valence-electron chi connectivity index (χ0n) is 19.5. The van der Waals surface area contributed by atoms with E-state index in [9.17, 15) is 0 Å². The van der Waals surface area contributed by atoms with Gasteiger partial charge in [0, 0.05) is 11.8 Å². The molecule has 8 heteroatoms. The summed E-state index contributed by atoms with van der Waals surface area (Å²) in [5.41, 5.74) is 0.249. The quantitative estimate of drug-likeness (QED) is 0.448. The Kier molecular flexibility index (Phi) is 5.83. The summed E-state index contributed by atoms with van der Waals surface area (Å²) in [4.78, 5) is 0. The first-order valence-electron chi connectivity index (χ1n) is 12.5. The maximum atomic E-state index is 6.02. The van der Waals surface area contributed by atoms with E-state index in [0.717, 1.165) is 38.5 Å². The van der Waals surface area contributed by atoms with Crippen molar-refractivity contribution in [2.75, 3.05) is 26.4 Å². The summed E-state index contributed by atoms with van der Waals surface area (Å²) < 4.78 is 47.7. The predicted octanol–water partition coefficient (Wildman–Crippen LogP) is 2.76. The Hall–Kier alpha value is -0.320. The number of hydrogen-bond donors (Lipinski definition) is 0. The van der Waals surface area contributed by atoms with Gasteiger partial charge in [-0.25, -0.2) is 0 Å². The average Bonchev–Trinajstić information content (AvgIpc) is 3.66. The molecule has 0 aromatic rings. The number of hydrogen-bond acceptors (Lipinski definition) is 8. The van der Waals surface area contributed by atoms with Crippen LogP contribution in [-0.2, 0) is 37.9 Å². The van der Waals surface area contributed by atoms with Crippen LogP contribution in [-0.4, -0.2) is 80.9 Å². The van der Waals surface area contributed by atoms with E-state index >= 15 is 0 Å². The SMILES string of the molecule is CC(OC1COC(C2CCC3(C)OC3C2)OC1)OC1COC(C2CCC3(C)OC3C2)OC1. The lowest BCUT2D eigenvalue weighted by molar-refractivity contribution is -0.302. The minimum absolute atomic E-state index is 0.124. The minimum Gasteiger partial charge on any atom is -0.366 e. The summed E-state index contributed by atoms with van der Waals surface area (Å²) in [5.74, 6) is 0.832. The molecule has 0 N–H and O–H groups in total. The van der Waals surface area contributed by atoms with Crippen LogP contribution in [0.3, 0.4) is 0 Å². The van der Waals surface area contributed by atoms with Crippen LogP contribution in [0.5, 0.6) is 0 Å². The van der Waals surface area contributed by atoms with Crippen molar-refractivity contribution in [3.8, 4) is 0 Å². The molecule has 0 amide bonds. The van der Waals surface area contributed by atoms with Gasteiger partial charge in [0.15, 0.2) is 18.9 Å². The molecule has 6 atom stereocenters. The van der Waals surface area contributed by atoms with Crippen molar-refractivity contribution >= 4 is 0 Å². The first-order valence-corrected chi connectivity index (χ1v) is 12.5. The molecule has 4 saturated heterocycles. The van der Waals surface area contributed by atoms with Gasteiger partial charge >= 0.3 is 0 Å². The Morgan fingerprint density at radius 3 is 1.47 bits per heavy atom. The summed E-state index contributed by atoms with van der Waals surface area (Å²) >= 11 is 0. The van der Waals surface area contributed by atoms with E-state index in [4.69, 9.17) is 37.9 Å². The van der Waals surface area contributed by atoms with E-state index in [2.05, 4.69) is 13.8 Å². The molecule has 2 saturated carbocycles. The van der Waals surface area contributed by atoms with Crippen molar-refractivity contribution < 1.29 is 37.9 Å². The lowest BCUT2D eigenvalue weighted by atomic mass is 9.82. The molecule has 0 aromatic heterocycles. The molecule has 32 heavy (non-hydrogen) atoms. The topological polar surface area (TPSA) is 80.4 Å². The van der Waals surface area contributed by atoms with Crippen LogP contribution >= 0.6 is 0 Å². The third kappa shape index (κ3) is 4.50. The second-order valence-electron chi connectivity index (χ2n) is 11.1. The Bertz CT molecular complexity index is 619. The van der Waals surface area contributed by atoms with E-state index in [1.165, 1.54) is 0 Å². The van der Waals surface area contributed by atoms with Gasteiger partial charge in [0.1, 0.15) is 12.2 Å². The van der Waals surface area contributed by atoms with Gasteiger partial charge in [0.05, 0.1) is 49.8 Å². The van der Waals surface area contributed by atoms with Gasteiger partial charge in [-0.2, -0.15) is 0 Å². The van der Waals surface area contributed by atoms with Crippen LogP contribution in [0.4, 0.5) is 0 Å². The second-order valence-corrected chi connectivity index (χ2v) is 11.1. The van der Waals surface area contributed by atoms with Gasteiger partial charge in [-0.15, -0.1) is 0 Å². The molecule has 6 fully saturated rings. The van der Waals surface area contributed by atoms with Gasteiger partial charge in [-0.3, -0.25) is 0 Å². The lowest BCUT2D eigenvalue weighted by Gasteiger charge is -2.38. The summed E-state index contributed by atoms with van der Waals surface area (Å²) in [6.45, 7) is 8.44. The van der Waals surface area contributed by atoms with Crippen molar-refractivity contribution in [2.24, 2.45) is 11.8 Å². The maximum absolute atomic E-state index is 6.02. The minimum atomic E-state index is -0.372. The van der Waals surface area contributed by atoms with Crippen LogP contribution in [0, 0.1) is 11.8 Å². The first-order chi connectivity index (χ1) is 15.4. The fourth-order valence-corrected chi connectivity index (χ4v) is 6.12. The smallest absolute Gasteiger partial charge is 0.160 e. The molecular weight excluding hydrogens is 416 g/mol. The molecule has 6 unspecified atom stereocenters. The van der Waals surface area contributed by atoms with Crippen LogP contribution in [0.15, 0.2) is 0 Å². The Morgan fingerprint density at radius 2 is 1.09 bits per heavy atom. The number of rotatable bonds is 6. The van der Waals surface area contributed by atoms with E-state index in [1.807, 2.05) is 6.92 Å². The van der Waals surface area contributed by atoms with Crippen LogP contribution in [0.1, 0.15) is 59.3 Å². The number of fused-ring (bicyclic) bond motifs is 2. The molecule has 0 spiro atoms. The third-order valence-electron chi connectivity index (χ3n) is 8.45. The van der Waals surface area contributed by atoms with E-state index in [-0.39, 0.29) is 42.3 Å². The molecule has 0 radical (unpaired) electrons. The van der Waals surface area contributed by atoms with Crippen molar-refractivity contribution in [3.05, 3.63) is 0 Å². The zero-order valence-corrected chi connectivity index (χ0v) is 19.5. The highest BCUT2D eigenvalue weighted by molar-refractivity contribution is 5.05. The van der Waals surface area contributed by atoms with Crippen molar-refractivity contribution in [1.82, 2.24) is 0 Å². The summed E-state index contributed by atoms with van der Waals surface area (Å²) in [5, 5.41) is 0. The third-order valence-corrected chi connectivity index (χ3v) is 8.45. The molecule has 0 bridgehead atoms. The van der Waals surface area contributed by atoms with Gasteiger partial charge in [0.2, 0.25) is 0 Å². The highest BCUT2D eigenvalue weighted by Crippen LogP contribution is 2.51. The van der Waals surface area contributed by atoms with Crippen LogP contribution in [0.25, 0.3) is 0 Å². The summed E-state index contributed by atoms with van der Waals surface area (Å²) in [6, 6.07) is 0. The second kappa shape index (κ2) is 8.41. The summed E-state index contributed by atoms with van der Waals surface area (Å²) in [6.07, 6.45) is 6.31. The monoisotopic (exact) mass is 454 g/mol. The standard InChI is InChI=1S/C24H38O8/c1-14(29-17-10-25-21(26-11-17)15-4-6-23(2)19(8-15)31-23)30-18-12-27-22(28-13-18)16-5-7-24(3)20(9-16)32-24/h14-22H,4-13H2,1-3H3. The fourth-order valence-electron chi connectivity index (χ4n) is 6.12. The fraction of sp³-hybridized carbons (Fsp3) is 1.00. The Balaban J connectivity index is 0.880. The van der Waals surface area contributed by atoms with Gasteiger partial charge in [-0.05, 0) is 59.3 Å². The van der Waals surface area contributed by atoms with Crippen LogP contribution in [0.2, 0.25) is 0 Å². The maximum Gasteiger partial charge on any atom is 0.160 e. The van der Waals surface area contributed by atoms with Crippen molar-refractivity contribution in [3.63, 3.8) is 0 Å². The zero-order chi connectivity index (χ0) is 21.9. The van der Waals surface area contributed by atoms with E-state index in [0.29, 0.717) is 50.5 Å². The highest BCUT2D eigenvalue weighted by atomic mass is 16.8. The molecular formula is C24H38O8. The van der Waals surface area contributed by atoms with E-state index < -0.39 is 0 Å². The molecule has 8 nitrogen and oxygen atoms in total. The van der Waals surface area contributed by atoms with Gasteiger partial charge in [0.25, 0.3) is 0 Å². The normalized spacial score (nSPS) is 53.7. The Morgan fingerprint density at radius 1 is 0.688 bits per heavy atom. The molecule has 4 heterocycles. The number of ether oxygens (including phenoxy) is 8. The molecule has 6 rings (SSSR count). The molecule has 6 aliphatic rings. The number of epoxide rings is 2. The van der Waals surface area contributed by atoms with E-state index in [1.54, 1.807) is 0 Å². The van der Waals surface area contributed by atoms with Gasteiger partial charge in [-0.1, -0.05) is 0 Å². The Labute approximate surface area is 190 Å². The summed E-state index contributed by atoms with van der Waals surface area (Å²) in [7, 11) is 0. The highest BCUT2D eigenvalue weighted by Gasteiger charge is 2.57. The lowest BCUT2D eigenvalue weighted by Crippen LogP contribution is -2.46. The molecule has 4 aliphatic heterocycles. The first kappa shape index (κ1) is 22.2. The largest absolute Gasteiger partial charge is 0.366 e. The van der Waals surface area contributed by atoms with Gasteiger partial charge < -0.3 is 37.9 Å². The molecule has 0 aromatic carbocycles. The van der Waals surface area contributed by atoms with Crippen molar-refractivity contribution in [2.45, 2.75) is 114 Å². The molecule has 2 aliphatic carbocycles. The molecule has 182 valence electrons.